The van der Waals surface area contributed by atoms with E-state index in [1.807, 2.05) is 0 Å². The van der Waals surface area contributed by atoms with Crippen LogP contribution < -0.4 is 11.1 Å². The van der Waals surface area contributed by atoms with Crippen molar-refractivity contribution in [1.82, 2.24) is 5.32 Å². The van der Waals surface area contributed by atoms with Crippen LogP contribution in [0, 0.1) is 0 Å². The molecule has 0 unspecified atom stereocenters. The molecule has 0 saturated carbocycles. The second kappa shape index (κ2) is 15.1. The molecular formula is C17H32N2O2. The van der Waals surface area contributed by atoms with Crippen LogP contribution in [0.4, 0.5) is 4.79 Å². The average molecular weight is 296 g/mol. The topological polar surface area (TPSA) is 72.2 Å². The minimum Gasteiger partial charge on any atom is -0.351 e. The van der Waals surface area contributed by atoms with Crippen molar-refractivity contribution < 1.29 is 9.59 Å². The normalized spacial score (nSPS) is 10.9. The maximum absolute atomic E-state index is 11.1. The van der Waals surface area contributed by atoms with Crippen molar-refractivity contribution in [3.05, 3.63) is 12.2 Å². The maximum atomic E-state index is 11.1. The Morgan fingerprint density at radius 1 is 0.857 bits per heavy atom. The lowest BCUT2D eigenvalue weighted by molar-refractivity contribution is -0.120. The van der Waals surface area contributed by atoms with Crippen LogP contribution in [-0.4, -0.2) is 11.9 Å². The van der Waals surface area contributed by atoms with Gasteiger partial charge in [0, 0.05) is 6.42 Å². The summed E-state index contributed by atoms with van der Waals surface area (Å²) in [4.78, 5) is 21.6. The van der Waals surface area contributed by atoms with Crippen LogP contribution in [0.5, 0.6) is 0 Å². The minimum absolute atomic E-state index is 0.270. The number of imide groups is 1. The molecule has 0 aliphatic heterocycles. The number of hydrogen-bond donors (Lipinski definition) is 2. The van der Waals surface area contributed by atoms with Crippen molar-refractivity contribution in [2.24, 2.45) is 5.73 Å². The van der Waals surface area contributed by atoms with E-state index in [1.54, 1.807) is 0 Å². The standard InChI is InChI=1S/C17H32N2O2/c1-2-3-4-5-6-7-8-9-10-11-12-13-14-15-16(20)19-17(18)21/h7-8H,2-6,9-15H2,1H3,(H3,18,19,20,21)/b8-7-. The number of rotatable bonds is 13. The molecule has 3 amide bonds. The second-order valence-electron chi connectivity index (χ2n) is 5.54. The van der Waals surface area contributed by atoms with E-state index in [2.05, 4.69) is 24.4 Å². The first kappa shape index (κ1) is 19.7. The lowest BCUT2D eigenvalue weighted by atomic mass is 10.1. The monoisotopic (exact) mass is 296 g/mol. The number of nitrogens with two attached hydrogens (primary N) is 1. The Kier molecular flexibility index (Phi) is 14.1. The molecule has 0 radical (unpaired) electrons. The molecule has 0 heterocycles. The van der Waals surface area contributed by atoms with Crippen molar-refractivity contribution in [1.29, 1.82) is 0 Å². The number of allylic oxidation sites excluding steroid dienone is 2. The average Bonchev–Trinajstić information content (AvgIpc) is 2.43. The number of hydrogen-bond acceptors (Lipinski definition) is 2. The number of nitrogens with one attached hydrogen (secondary N) is 1. The van der Waals surface area contributed by atoms with E-state index >= 15 is 0 Å². The van der Waals surface area contributed by atoms with Gasteiger partial charge in [-0.3, -0.25) is 10.1 Å². The predicted molar refractivity (Wildman–Crippen MR) is 87.9 cm³/mol. The fourth-order valence-corrected chi connectivity index (χ4v) is 2.20. The molecule has 0 aliphatic rings. The summed E-state index contributed by atoms with van der Waals surface area (Å²) in [5, 5.41) is 2.08. The Morgan fingerprint density at radius 2 is 1.38 bits per heavy atom. The number of carbonyl (C=O) groups is 2. The molecule has 122 valence electrons. The van der Waals surface area contributed by atoms with Gasteiger partial charge in [0.15, 0.2) is 0 Å². The van der Waals surface area contributed by atoms with Crippen LogP contribution in [0.15, 0.2) is 12.2 Å². The van der Waals surface area contributed by atoms with Crippen molar-refractivity contribution in [3.63, 3.8) is 0 Å². The van der Waals surface area contributed by atoms with Gasteiger partial charge in [0.1, 0.15) is 0 Å². The van der Waals surface area contributed by atoms with Crippen LogP contribution >= 0.6 is 0 Å². The molecule has 0 aromatic heterocycles. The summed E-state index contributed by atoms with van der Waals surface area (Å²) in [6.07, 6.45) is 18.1. The van der Waals surface area contributed by atoms with Crippen molar-refractivity contribution in [2.75, 3.05) is 0 Å². The van der Waals surface area contributed by atoms with Gasteiger partial charge in [-0.2, -0.15) is 0 Å². The van der Waals surface area contributed by atoms with Crippen molar-refractivity contribution in [3.8, 4) is 0 Å². The van der Waals surface area contributed by atoms with Crippen LogP contribution in [0.2, 0.25) is 0 Å². The number of amides is 3. The predicted octanol–water partition coefficient (Wildman–Crippen LogP) is 4.44. The zero-order chi connectivity index (χ0) is 15.8. The van der Waals surface area contributed by atoms with Gasteiger partial charge in [-0.1, -0.05) is 57.6 Å². The molecule has 0 saturated heterocycles. The molecule has 4 heteroatoms. The van der Waals surface area contributed by atoms with Gasteiger partial charge >= 0.3 is 6.03 Å². The van der Waals surface area contributed by atoms with E-state index < -0.39 is 6.03 Å². The summed E-state index contributed by atoms with van der Waals surface area (Å²) in [6, 6.07) is -0.763. The SMILES string of the molecule is CCCCCC/C=C\CCCCCCCC(=O)NC(N)=O. The van der Waals surface area contributed by atoms with Crippen LogP contribution in [-0.2, 0) is 4.79 Å². The van der Waals surface area contributed by atoms with E-state index in [1.165, 1.54) is 44.9 Å². The molecule has 0 atom stereocenters. The van der Waals surface area contributed by atoms with E-state index in [0.29, 0.717) is 6.42 Å². The first-order valence-corrected chi connectivity index (χ1v) is 8.41. The molecule has 3 N–H and O–H groups in total. The Bertz CT molecular complexity index is 301. The molecule has 0 aromatic carbocycles. The number of carbonyl (C=O) groups excluding carboxylic acids is 2. The summed E-state index contributed by atoms with van der Waals surface area (Å²) in [6.45, 7) is 2.24. The Labute approximate surface area is 129 Å². The van der Waals surface area contributed by atoms with E-state index in [-0.39, 0.29) is 5.91 Å². The van der Waals surface area contributed by atoms with Crippen LogP contribution in [0.25, 0.3) is 0 Å². The fraction of sp³-hybridized carbons (Fsp3) is 0.765. The fourth-order valence-electron chi connectivity index (χ4n) is 2.20. The van der Waals surface area contributed by atoms with Gasteiger partial charge in [0.2, 0.25) is 5.91 Å². The molecular weight excluding hydrogens is 264 g/mol. The van der Waals surface area contributed by atoms with Crippen LogP contribution in [0.1, 0.15) is 84.0 Å². The van der Waals surface area contributed by atoms with E-state index in [4.69, 9.17) is 5.73 Å². The van der Waals surface area contributed by atoms with Crippen LogP contribution in [0.3, 0.4) is 0 Å². The van der Waals surface area contributed by atoms with E-state index in [0.717, 1.165) is 25.7 Å². The summed E-state index contributed by atoms with van der Waals surface area (Å²) >= 11 is 0. The molecule has 0 spiro atoms. The third-order valence-corrected chi connectivity index (χ3v) is 3.43. The lowest BCUT2D eigenvalue weighted by Gasteiger charge is -2.01. The molecule has 4 nitrogen and oxygen atoms in total. The lowest BCUT2D eigenvalue weighted by Crippen LogP contribution is -2.34. The molecule has 0 bridgehead atoms. The van der Waals surface area contributed by atoms with E-state index in [9.17, 15) is 9.59 Å². The zero-order valence-corrected chi connectivity index (χ0v) is 13.5. The quantitative estimate of drug-likeness (QED) is 0.389. The van der Waals surface area contributed by atoms with Gasteiger partial charge in [0.25, 0.3) is 0 Å². The zero-order valence-electron chi connectivity index (χ0n) is 13.5. The highest BCUT2D eigenvalue weighted by molar-refractivity contribution is 5.93. The van der Waals surface area contributed by atoms with Gasteiger partial charge in [-0.15, -0.1) is 0 Å². The van der Waals surface area contributed by atoms with Gasteiger partial charge < -0.3 is 5.73 Å². The Hall–Kier alpha value is -1.32. The maximum Gasteiger partial charge on any atom is 0.318 e. The molecule has 21 heavy (non-hydrogen) atoms. The van der Waals surface area contributed by atoms with Gasteiger partial charge in [-0.05, 0) is 32.1 Å². The number of urea groups is 1. The largest absolute Gasteiger partial charge is 0.351 e. The number of primary amides is 1. The minimum atomic E-state index is -0.763. The molecule has 0 rings (SSSR count). The van der Waals surface area contributed by atoms with Crippen molar-refractivity contribution in [2.45, 2.75) is 84.0 Å². The smallest absolute Gasteiger partial charge is 0.318 e. The van der Waals surface area contributed by atoms with Gasteiger partial charge in [-0.25, -0.2) is 4.79 Å². The molecule has 0 fully saturated rings. The number of unbranched alkanes of at least 4 members (excludes halogenated alkanes) is 9. The highest BCUT2D eigenvalue weighted by Gasteiger charge is 2.02. The second-order valence-corrected chi connectivity index (χ2v) is 5.54. The summed E-state index contributed by atoms with van der Waals surface area (Å²) in [5.41, 5.74) is 4.86. The summed E-state index contributed by atoms with van der Waals surface area (Å²) < 4.78 is 0. The third kappa shape index (κ3) is 16.6. The molecule has 0 aromatic rings. The first-order chi connectivity index (χ1) is 10.2. The van der Waals surface area contributed by atoms with Gasteiger partial charge in [0.05, 0.1) is 0 Å². The first-order valence-electron chi connectivity index (χ1n) is 8.41. The molecule has 0 aliphatic carbocycles. The summed E-state index contributed by atoms with van der Waals surface area (Å²) in [7, 11) is 0. The highest BCUT2D eigenvalue weighted by atomic mass is 16.2. The summed E-state index contributed by atoms with van der Waals surface area (Å²) in [5.74, 6) is -0.270. The Morgan fingerprint density at radius 3 is 1.95 bits per heavy atom. The van der Waals surface area contributed by atoms with Crippen molar-refractivity contribution >= 4 is 11.9 Å². The highest BCUT2D eigenvalue weighted by Crippen LogP contribution is 2.08. The third-order valence-electron chi connectivity index (χ3n) is 3.43. The Balaban J connectivity index is 3.20.